The van der Waals surface area contributed by atoms with E-state index in [-0.39, 0.29) is 0 Å². The summed E-state index contributed by atoms with van der Waals surface area (Å²) in [5, 5.41) is 14.0. The molecular formula is C23H18ClNO2. The van der Waals surface area contributed by atoms with Crippen LogP contribution in [-0.2, 0) is 10.3 Å². The van der Waals surface area contributed by atoms with Gasteiger partial charge in [0.25, 0.3) is 0 Å². The normalized spacial score (nSPS) is 18.2. The smallest absolute Gasteiger partial charge is 0.338 e. The molecule has 0 bridgehead atoms. The molecule has 1 heterocycles. The first-order chi connectivity index (χ1) is 13.0. The number of nitrogens with one attached hydrogen (secondary N) is 1. The van der Waals surface area contributed by atoms with Gasteiger partial charge in [-0.25, -0.2) is 4.79 Å². The molecular weight excluding hydrogens is 358 g/mol. The molecule has 0 radical (unpaired) electrons. The number of aliphatic carboxylic acids is 1. The fourth-order valence-electron chi connectivity index (χ4n) is 3.61. The minimum Gasteiger partial charge on any atom is -0.479 e. The van der Waals surface area contributed by atoms with Gasteiger partial charge in [0.15, 0.2) is 5.54 Å². The highest BCUT2D eigenvalue weighted by Gasteiger charge is 2.44. The van der Waals surface area contributed by atoms with Gasteiger partial charge in [-0.1, -0.05) is 72.3 Å². The van der Waals surface area contributed by atoms with Crippen molar-refractivity contribution in [1.82, 2.24) is 0 Å². The molecule has 0 amide bonds. The van der Waals surface area contributed by atoms with E-state index < -0.39 is 11.5 Å². The van der Waals surface area contributed by atoms with Gasteiger partial charge in [-0.05, 0) is 47.4 Å². The molecule has 3 nitrogen and oxygen atoms in total. The second-order valence-electron chi connectivity index (χ2n) is 6.65. The lowest BCUT2D eigenvalue weighted by atomic mass is 9.79. The van der Waals surface area contributed by atoms with E-state index >= 15 is 0 Å². The van der Waals surface area contributed by atoms with Crippen LogP contribution in [0, 0.1) is 0 Å². The third-order valence-electron chi connectivity index (χ3n) is 5.07. The molecule has 3 aromatic rings. The van der Waals surface area contributed by atoms with E-state index in [1.54, 1.807) is 6.07 Å². The van der Waals surface area contributed by atoms with Crippen LogP contribution in [0.15, 0.2) is 78.4 Å². The van der Waals surface area contributed by atoms with E-state index in [0.29, 0.717) is 21.8 Å². The molecule has 134 valence electrons. The number of carbonyl (C=O) groups is 1. The van der Waals surface area contributed by atoms with Gasteiger partial charge in [0.05, 0.1) is 0 Å². The summed E-state index contributed by atoms with van der Waals surface area (Å²) in [6.07, 6.45) is 1.85. The summed E-state index contributed by atoms with van der Waals surface area (Å²) < 4.78 is 0. The molecule has 1 unspecified atom stereocenters. The van der Waals surface area contributed by atoms with Crippen molar-refractivity contribution in [3.8, 4) is 11.1 Å². The Morgan fingerprint density at radius 1 is 0.926 bits per heavy atom. The van der Waals surface area contributed by atoms with Gasteiger partial charge < -0.3 is 10.4 Å². The van der Waals surface area contributed by atoms with Gasteiger partial charge in [-0.15, -0.1) is 0 Å². The van der Waals surface area contributed by atoms with E-state index in [1.807, 2.05) is 79.7 Å². The monoisotopic (exact) mass is 375 g/mol. The Morgan fingerprint density at radius 2 is 1.59 bits per heavy atom. The highest BCUT2D eigenvalue weighted by Crippen LogP contribution is 2.43. The van der Waals surface area contributed by atoms with Gasteiger partial charge in [0.1, 0.15) is 0 Å². The first-order valence-corrected chi connectivity index (χ1v) is 9.05. The van der Waals surface area contributed by atoms with Crippen LogP contribution in [0.5, 0.6) is 0 Å². The summed E-state index contributed by atoms with van der Waals surface area (Å²) in [4.78, 5) is 12.4. The standard InChI is InChI=1S/C23H18ClNO2/c1-15-14-19-20(24)8-5-9-21(19)25-23(15,22(26)27)18-12-10-17(11-13-18)16-6-3-2-4-7-16/h2-14,25H,1H3,(H,26,27). The highest BCUT2D eigenvalue weighted by atomic mass is 35.5. The van der Waals surface area contributed by atoms with Crippen molar-refractivity contribution in [2.45, 2.75) is 12.5 Å². The minimum absolute atomic E-state index is 0.595. The molecule has 3 aromatic carbocycles. The number of rotatable bonds is 3. The molecule has 0 saturated carbocycles. The number of hydrogen-bond acceptors (Lipinski definition) is 2. The quantitative estimate of drug-likeness (QED) is 0.606. The average Bonchev–Trinajstić information content (AvgIpc) is 2.69. The van der Waals surface area contributed by atoms with Crippen LogP contribution in [0.4, 0.5) is 5.69 Å². The van der Waals surface area contributed by atoms with Gasteiger partial charge in [0.2, 0.25) is 0 Å². The van der Waals surface area contributed by atoms with Crippen molar-refractivity contribution < 1.29 is 9.90 Å². The van der Waals surface area contributed by atoms with Crippen LogP contribution in [0.25, 0.3) is 17.2 Å². The third-order valence-corrected chi connectivity index (χ3v) is 5.40. The second kappa shape index (κ2) is 6.60. The molecule has 1 aliphatic heterocycles. The number of anilines is 1. The van der Waals surface area contributed by atoms with Crippen LogP contribution in [0.3, 0.4) is 0 Å². The summed E-state index contributed by atoms with van der Waals surface area (Å²) in [7, 11) is 0. The number of benzene rings is 3. The summed E-state index contributed by atoms with van der Waals surface area (Å²) in [5.41, 5.74) is 3.69. The van der Waals surface area contributed by atoms with Crippen molar-refractivity contribution in [2.24, 2.45) is 0 Å². The summed E-state index contributed by atoms with van der Waals surface area (Å²) in [5.74, 6) is -0.950. The Kier molecular flexibility index (Phi) is 4.25. The highest BCUT2D eigenvalue weighted by molar-refractivity contribution is 6.32. The molecule has 2 N–H and O–H groups in total. The molecule has 1 atom stereocenters. The largest absolute Gasteiger partial charge is 0.479 e. The topological polar surface area (TPSA) is 49.3 Å². The lowest BCUT2D eigenvalue weighted by molar-refractivity contribution is -0.141. The average molecular weight is 376 g/mol. The maximum atomic E-state index is 12.4. The minimum atomic E-state index is -1.33. The predicted octanol–water partition coefficient (Wildman–Crippen LogP) is 5.82. The van der Waals surface area contributed by atoms with Crippen molar-refractivity contribution >= 4 is 29.3 Å². The Morgan fingerprint density at radius 3 is 2.26 bits per heavy atom. The van der Waals surface area contributed by atoms with E-state index in [2.05, 4.69) is 5.32 Å². The molecule has 4 heteroatoms. The Balaban J connectivity index is 1.81. The summed E-state index contributed by atoms with van der Waals surface area (Å²) in [6, 6.07) is 23.1. The Bertz CT molecular complexity index is 1040. The van der Waals surface area contributed by atoms with Crippen LogP contribution in [0.2, 0.25) is 5.02 Å². The molecule has 0 aliphatic carbocycles. The zero-order valence-electron chi connectivity index (χ0n) is 14.7. The maximum absolute atomic E-state index is 12.4. The van der Waals surface area contributed by atoms with E-state index in [9.17, 15) is 9.90 Å². The van der Waals surface area contributed by atoms with Crippen molar-refractivity contribution in [1.29, 1.82) is 0 Å². The number of carboxylic acid groups (broad SMARTS) is 1. The van der Waals surface area contributed by atoms with Gasteiger partial charge in [0, 0.05) is 16.3 Å². The lowest BCUT2D eigenvalue weighted by Crippen LogP contribution is -2.46. The molecule has 1 aliphatic rings. The molecule has 27 heavy (non-hydrogen) atoms. The number of hydrogen-bond donors (Lipinski definition) is 2. The van der Waals surface area contributed by atoms with Crippen molar-refractivity contribution in [3.05, 3.63) is 94.5 Å². The van der Waals surface area contributed by atoms with Crippen molar-refractivity contribution in [2.75, 3.05) is 5.32 Å². The number of halogens is 1. The van der Waals surface area contributed by atoms with E-state index in [4.69, 9.17) is 11.6 Å². The van der Waals surface area contributed by atoms with Crippen molar-refractivity contribution in [3.63, 3.8) is 0 Å². The molecule has 0 fully saturated rings. The van der Waals surface area contributed by atoms with Gasteiger partial charge >= 0.3 is 5.97 Å². The first-order valence-electron chi connectivity index (χ1n) is 8.67. The van der Waals surface area contributed by atoms with Crippen LogP contribution >= 0.6 is 11.6 Å². The zero-order valence-corrected chi connectivity index (χ0v) is 15.5. The van der Waals surface area contributed by atoms with Crippen LogP contribution in [0.1, 0.15) is 18.1 Å². The molecule has 0 saturated heterocycles. The Labute approximate surface area is 162 Å². The molecule has 0 spiro atoms. The van der Waals surface area contributed by atoms with Gasteiger partial charge in [-0.2, -0.15) is 0 Å². The summed E-state index contributed by atoms with van der Waals surface area (Å²) in [6.45, 7) is 1.82. The van der Waals surface area contributed by atoms with E-state index in [0.717, 1.165) is 16.7 Å². The van der Waals surface area contributed by atoms with Crippen LogP contribution in [-0.4, -0.2) is 11.1 Å². The summed E-state index contributed by atoms with van der Waals surface area (Å²) >= 11 is 6.28. The van der Waals surface area contributed by atoms with E-state index in [1.165, 1.54) is 0 Å². The number of carboxylic acids is 1. The predicted molar refractivity (Wildman–Crippen MR) is 110 cm³/mol. The molecule has 0 aromatic heterocycles. The van der Waals surface area contributed by atoms with Crippen LogP contribution < -0.4 is 5.32 Å². The maximum Gasteiger partial charge on any atom is 0.338 e. The SMILES string of the molecule is CC1=Cc2c(Cl)cccc2NC1(C(=O)O)c1ccc(-c2ccccc2)cc1. The van der Waals surface area contributed by atoms with Gasteiger partial charge in [-0.3, -0.25) is 0 Å². The number of fused-ring (bicyclic) bond motifs is 1. The zero-order chi connectivity index (χ0) is 19.0. The molecule has 4 rings (SSSR count). The first kappa shape index (κ1) is 17.4. The Hall–Kier alpha value is -3.04. The lowest BCUT2D eigenvalue weighted by Gasteiger charge is -2.37. The third kappa shape index (κ3) is 2.81. The fraction of sp³-hybridized carbons (Fsp3) is 0.0870. The second-order valence-corrected chi connectivity index (χ2v) is 7.06. The fourth-order valence-corrected chi connectivity index (χ4v) is 3.84.